The van der Waals surface area contributed by atoms with Crippen LogP contribution < -0.4 is 10.1 Å². The number of carbonyl (C=O) groups is 1. The Morgan fingerprint density at radius 2 is 2.07 bits per heavy atom. The first-order chi connectivity index (χ1) is 13.8. The third kappa shape index (κ3) is 4.95. The standard InChI is InChI=1S/C19H20F3N5O2/c1-3-27-13(2)14(11-24-27)10-23-18(28)17-7-8-26(25-17)12-29-16-6-4-5-15(9-16)19(20,21)22/h4-9,11H,3,10,12H2,1-2H3,(H,23,28). The van der Waals surface area contributed by atoms with Crippen molar-refractivity contribution in [1.29, 1.82) is 0 Å². The Labute approximate surface area is 165 Å². The largest absolute Gasteiger partial charge is 0.471 e. The molecule has 2 heterocycles. The van der Waals surface area contributed by atoms with Gasteiger partial charge in [0, 0.05) is 30.5 Å². The highest BCUT2D eigenvalue weighted by molar-refractivity contribution is 5.92. The van der Waals surface area contributed by atoms with Crippen LogP contribution in [0.4, 0.5) is 13.2 Å². The van der Waals surface area contributed by atoms with Gasteiger partial charge in [-0.2, -0.15) is 23.4 Å². The van der Waals surface area contributed by atoms with E-state index in [1.807, 2.05) is 18.5 Å². The van der Waals surface area contributed by atoms with Gasteiger partial charge >= 0.3 is 6.18 Å². The summed E-state index contributed by atoms with van der Waals surface area (Å²) in [7, 11) is 0. The Morgan fingerprint density at radius 1 is 1.28 bits per heavy atom. The second kappa shape index (κ2) is 8.38. The third-order valence-electron chi connectivity index (χ3n) is 4.34. The summed E-state index contributed by atoms with van der Waals surface area (Å²) in [5.41, 5.74) is 1.27. The number of alkyl halides is 3. The molecule has 0 spiro atoms. The van der Waals surface area contributed by atoms with Gasteiger partial charge in [-0.3, -0.25) is 9.48 Å². The van der Waals surface area contributed by atoms with Gasteiger partial charge in [-0.05, 0) is 38.1 Å². The average Bonchev–Trinajstić information content (AvgIpc) is 3.31. The van der Waals surface area contributed by atoms with E-state index in [0.29, 0.717) is 6.54 Å². The predicted octanol–water partition coefficient (Wildman–Crippen LogP) is 3.39. The first-order valence-corrected chi connectivity index (χ1v) is 8.91. The summed E-state index contributed by atoms with van der Waals surface area (Å²) < 4.78 is 46.7. The van der Waals surface area contributed by atoms with Gasteiger partial charge in [0.15, 0.2) is 6.73 Å². The smallest absolute Gasteiger partial charge is 0.416 e. The molecule has 0 saturated heterocycles. The van der Waals surface area contributed by atoms with Crippen LogP contribution in [0, 0.1) is 6.92 Å². The molecule has 2 aromatic heterocycles. The number of carbonyl (C=O) groups excluding carboxylic acids is 1. The van der Waals surface area contributed by atoms with E-state index in [-0.39, 0.29) is 24.1 Å². The molecule has 0 atom stereocenters. The number of benzene rings is 1. The van der Waals surface area contributed by atoms with Crippen molar-refractivity contribution >= 4 is 5.91 Å². The number of nitrogens with one attached hydrogen (secondary N) is 1. The second-order valence-electron chi connectivity index (χ2n) is 6.29. The first kappa shape index (κ1) is 20.4. The fourth-order valence-electron chi connectivity index (χ4n) is 2.70. The van der Waals surface area contributed by atoms with Crippen molar-refractivity contribution in [1.82, 2.24) is 24.9 Å². The van der Waals surface area contributed by atoms with Crippen LogP contribution in [-0.4, -0.2) is 25.5 Å². The van der Waals surface area contributed by atoms with E-state index >= 15 is 0 Å². The van der Waals surface area contributed by atoms with Crippen molar-refractivity contribution in [2.24, 2.45) is 0 Å². The van der Waals surface area contributed by atoms with Crippen LogP contribution in [0.2, 0.25) is 0 Å². The lowest BCUT2D eigenvalue weighted by Gasteiger charge is -2.10. The number of halogens is 3. The molecule has 1 amide bonds. The summed E-state index contributed by atoms with van der Waals surface area (Å²) in [5.74, 6) is -0.309. The van der Waals surface area contributed by atoms with E-state index in [9.17, 15) is 18.0 Å². The molecule has 3 rings (SSSR count). The Hall–Kier alpha value is -3.30. The number of aromatic nitrogens is 4. The maximum atomic E-state index is 12.7. The Morgan fingerprint density at radius 3 is 2.76 bits per heavy atom. The van der Waals surface area contributed by atoms with E-state index in [2.05, 4.69) is 15.5 Å². The SMILES string of the molecule is CCn1ncc(CNC(=O)c2ccn(COc3cccc(C(F)(F)F)c3)n2)c1C. The molecular formula is C19H20F3N5O2. The van der Waals surface area contributed by atoms with Crippen molar-refractivity contribution in [2.75, 3.05) is 0 Å². The zero-order valence-corrected chi connectivity index (χ0v) is 15.9. The zero-order chi connectivity index (χ0) is 21.0. The van der Waals surface area contributed by atoms with Crippen molar-refractivity contribution < 1.29 is 22.7 Å². The molecular weight excluding hydrogens is 387 g/mol. The molecule has 0 fully saturated rings. The molecule has 0 unspecified atom stereocenters. The number of rotatable bonds is 7. The van der Waals surface area contributed by atoms with Crippen LogP contribution in [0.3, 0.4) is 0 Å². The number of amides is 1. The molecule has 3 aromatic rings. The maximum Gasteiger partial charge on any atom is 0.416 e. The molecule has 1 N–H and O–H groups in total. The Kier molecular flexibility index (Phi) is 5.90. The summed E-state index contributed by atoms with van der Waals surface area (Å²) in [4.78, 5) is 12.3. The highest BCUT2D eigenvalue weighted by atomic mass is 19.4. The topological polar surface area (TPSA) is 74.0 Å². The van der Waals surface area contributed by atoms with Crippen LogP contribution in [0.15, 0.2) is 42.7 Å². The van der Waals surface area contributed by atoms with Crippen molar-refractivity contribution in [3.05, 3.63) is 65.2 Å². The van der Waals surface area contributed by atoms with Crippen LogP contribution in [0.1, 0.15) is 34.2 Å². The summed E-state index contributed by atoms with van der Waals surface area (Å²) in [5, 5.41) is 11.1. The normalized spacial score (nSPS) is 11.5. The van der Waals surface area contributed by atoms with E-state index in [1.165, 1.54) is 29.1 Å². The van der Waals surface area contributed by atoms with E-state index in [1.54, 1.807) is 6.20 Å². The van der Waals surface area contributed by atoms with Gasteiger partial charge < -0.3 is 10.1 Å². The minimum atomic E-state index is -4.44. The van der Waals surface area contributed by atoms with Crippen molar-refractivity contribution in [3.8, 4) is 5.75 Å². The first-order valence-electron chi connectivity index (χ1n) is 8.91. The molecule has 1 aromatic carbocycles. The molecule has 154 valence electrons. The summed E-state index contributed by atoms with van der Waals surface area (Å²) >= 11 is 0. The van der Waals surface area contributed by atoms with Gasteiger partial charge in [-0.15, -0.1) is 0 Å². The summed E-state index contributed by atoms with van der Waals surface area (Å²) in [6, 6.07) is 6.08. The molecule has 0 aliphatic rings. The van der Waals surface area contributed by atoms with E-state index in [4.69, 9.17) is 4.74 Å². The lowest BCUT2D eigenvalue weighted by Crippen LogP contribution is -2.24. The Bertz CT molecular complexity index is 994. The number of ether oxygens (including phenoxy) is 1. The predicted molar refractivity (Wildman–Crippen MR) is 98.1 cm³/mol. The molecule has 7 nitrogen and oxygen atoms in total. The van der Waals surface area contributed by atoms with Gasteiger partial charge in [-0.25, -0.2) is 4.68 Å². The van der Waals surface area contributed by atoms with Gasteiger partial charge in [0.2, 0.25) is 0 Å². The monoisotopic (exact) mass is 407 g/mol. The molecule has 0 saturated carbocycles. The number of aryl methyl sites for hydroxylation is 1. The van der Waals surface area contributed by atoms with Crippen LogP contribution in [0.5, 0.6) is 5.75 Å². The van der Waals surface area contributed by atoms with Crippen molar-refractivity contribution in [2.45, 2.75) is 39.8 Å². The number of nitrogens with zero attached hydrogens (tertiary/aromatic N) is 4. The summed E-state index contributed by atoms with van der Waals surface area (Å²) in [6.45, 7) is 4.85. The second-order valence-corrected chi connectivity index (χ2v) is 6.29. The highest BCUT2D eigenvalue weighted by Crippen LogP contribution is 2.31. The van der Waals surface area contributed by atoms with Gasteiger partial charge in [0.25, 0.3) is 5.91 Å². The highest BCUT2D eigenvalue weighted by Gasteiger charge is 2.30. The molecule has 0 aliphatic carbocycles. The molecule has 29 heavy (non-hydrogen) atoms. The van der Waals surface area contributed by atoms with Gasteiger partial charge in [0.05, 0.1) is 11.8 Å². The molecule has 0 bridgehead atoms. The maximum absolute atomic E-state index is 12.7. The minimum Gasteiger partial charge on any atom is -0.471 e. The fourth-order valence-corrected chi connectivity index (χ4v) is 2.70. The average molecular weight is 407 g/mol. The molecule has 10 heteroatoms. The van der Waals surface area contributed by atoms with E-state index < -0.39 is 11.7 Å². The third-order valence-corrected chi connectivity index (χ3v) is 4.34. The minimum absolute atomic E-state index is 0.0599. The van der Waals surface area contributed by atoms with Crippen LogP contribution >= 0.6 is 0 Å². The fraction of sp³-hybridized carbons (Fsp3) is 0.316. The Balaban J connectivity index is 1.56. The van der Waals surface area contributed by atoms with Crippen LogP contribution in [0.25, 0.3) is 0 Å². The number of hydrogen-bond donors (Lipinski definition) is 1. The van der Waals surface area contributed by atoms with Gasteiger partial charge in [0.1, 0.15) is 11.4 Å². The van der Waals surface area contributed by atoms with Crippen LogP contribution in [-0.2, 0) is 26.0 Å². The van der Waals surface area contributed by atoms with Gasteiger partial charge in [-0.1, -0.05) is 6.07 Å². The molecule has 0 aliphatic heterocycles. The van der Waals surface area contributed by atoms with Crippen molar-refractivity contribution in [3.63, 3.8) is 0 Å². The lowest BCUT2D eigenvalue weighted by atomic mass is 10.2. The zero-order valence-electron chi connectivity index (χ0n) is 15.9. The number of hydrogen-bond acceptors (Lipinski definition) is 4. The molecule has 0 radical (unpaired) electrons. The summed E-state index contributed by atoms with van der Waals surface area (Å²) in [6.07, 6.45) is -1.22. The lowest BCUT2D eigenvalue weighted by molar-refractivity contribution is -0.137. The quantitative estimate of drug-likeness (QED) is 0.652. The van der Waals surface area contributed by atoms with E-state index in [0.717, 1.165) is 29.9 Å².